The Morgan fingerprint density at radius 1 is 1.32 bits per heavy atom. The van der Waals surface area contributed by atoms with Crippen molar-refractivity contribution in [2.75, 3.05) is 0 Å². The first-order chi connectivity index (χ1) is 10.4. The molecule has 8 nitrogen and oxygen atoms in total. The van der Waals surface area contributed by atoms with Crippen LogP contribution in [0.5, 0.6) is 0 Å². The lowest BCUT2D eigenvalue weighted by Crippen LogP contribution is -2.23. The van der Waals surface area contributed by atoms with Crippen molar-refractivity contribution in [3.05, 3.63) is 46.6 Å². The van der Waals surface area contributed by atoms with Gasteiger partial charge in [-0.25, -0.2) is 22.9 Å². The predicted molar refractivity (Wildman–Crippen MR) is 76.7 cm³/mol. The second-order valence-electron chi connectivity index (χ2n) is 4.75. The quantitative estimate of drug-likeness (QED) is 0.764. The summed E-state index contributed by atoms with van der Waals surface area (Å²) in [5, 5.41) is 0. The average molecular weight is 323 g/mol. The number of nitrogens with one attached hydrogen (secondary N) is 1. The molecular formula is C13H13N3O5S. The van der Waals surface area contributed by atoms with E-state index < -0.39 is 15.8 Å². The number of nitrogens with zero attached hydrogens (tertiary/aromatic N) is 2. The van der Waals surface area contributed by atoms with Gasteiger partial charge in [0.1, 0.15) is 5.76 Å². The first kappa shape index (κ1) is 14.5. The number of hydrogen-bond acceptors (Lipinski definition) is 6. The van der Waals surface area contributed by atoms with Gasteiger partial charge in [0, 0.05) is 13.1 Å². The molecule has 0 aliphatic carbocycles. The molecule has 0 unspecified atom stereocenters. The molecule has 0 aliphatic rings. The summed E-state index contributed by atoms with van der Waals surface area (Å²) in [6.45, 7) is 1.66. The maximum atomic E-state index is 12.2. The molecule has 0 spiro atoms. The van der Waals surface area contributed by atoms with Crippen LogP contribution < -0.4 is 10.5 Å². The Bertz CT molecular complexity index is 996. The van der Waals surface area contributed by atoms with Crippen LogP contribution in [-0.2, 0) is 23.6 Å². The summed E-state index contributed by atoms with van der Waals surface area (Å²) in [6, 6.07) is 4.23. The highest BCUT2D eigenvalue weighted by Gasteiger charge is 2.17. The minimum absolute atomic E-state index is 0.00220. The van der Waals surface area contributed by atoms with Gasteiger partial charge >= 0.3 is 5.76 Å². The molecule has 1 aromatic carbocycles. The molecule has 9 heteroatoms. The SMILES string of the molecule is Cc1cnc(CNS(=O)(=O)c2ccc3c(c2)oc(=O)n3C)o1. The van der Waals surface area contributed by atoms with Gasteiger partial charge in [-0.05, 0) is 19.1 Å². The number of sulfonamides is 1. The lowest BCUT2D eigenvalue weighted by Gasteiger charge is -2.04. The van der Waals surface area contributed by atoms with Gasteiger partial charge in [0.05, 0.1) is 23.2 Å². The van der Waals surface area contributed by atoms with Crippen molar-refractivity contribution in [2.24, 2.45) is 7.05 Å². The summed E-state index contributed by atoms with van der Waals surface area (Å²) in [6.07, 6.45) is 1.51. The van der Waals surface area contributed by atoms with Crippen molar-refractivity contribution < 1.29 is 17.3 Å². The minimum Gasteiger partial charge on any atom is -0.445 e. The van der Waals surface area contributed by atoms with E-state index in [2.05, 4.69) is 9.71 Å². The molecule has 0 bridgehead atoms. The van der Waals surface area contributed by atoms with E-state index in [0.29, 0.717) is 11.3 Å². The van der Waals surface area contributed by atoms with Gasteiger partial charge in [-0.3, -0.25) is 4.57 Å². The van der Waals surface area contributed by atoms with Crippen molar-refractivity contribution in [2.45, 2.75) is 18.4 Å². The Balaban J connectivity index is 1.89. The topological polar surface area (TPSA) is 107 Å². The second kappa shape index (κ2) is 5.11. The molecule has 0 saturated carbocycles. The Morgan fingerprint density at radius 3 is 2.77 bits per heavy atom. The molecule has 1 N–H and O–H groups in total. The Hall–Kier alpha value is -2.39. The van der Waals surface area contributed by atoms with Gasteiger partial charge in [-0.2, -0.15) is 0 Å². The average Bonchev–Trinajstić information content (AvgIpc) is 3.01. The largest absolute Gasteiger partial charge is 0.445 e. The maximum absolute atomic E-state index is 12.2. The van der Waals surface area contributed by atoms with Gasteiger partial charge in [0.2, 0.25) is 15.9 Å². The fourth-order valence-electron chi connectivity index (χ4n) is 2.00. The predicted octanol–water partition coefficient (Wildman–Crippen LogP) is 0.906. The van der Waals surface area contributed by atoms with Gasteiger partial charge in [0.25, 0.3) is 0 Å². The number of benzene rings is 1. The Kier molecular flexibility index (Phi) is 3.38. The molecule has 2 heterocycles. The third-order valence-electron chi connectivity index (χ3n) is 3.16. The maximum Gasteiger partial charge on any atom is 0.419 e. The van der Waals surface area contributed by atoms with E-state index in [-0.39, 0.29) is 22.9 Å². The third kappa shape index (κ3) is 2.55. The van der Waals surface area contributed by atoms with Crippen molar-refractivity contribution in [1.82, 2.24) is 14.3 Å². The van der Waals surface area contributed by atoms with E-state index in [1.807, 2.05) is 0 Å². The van der Waals surface area contributed by atoms with Gasteiger partial charge in [-0.15, -0.1) is 0 Å². The summed E-state index contributed by atoms with van der Waals surface area (Å²) < 4.78 is 38.3. The number of hydrogen-bond donors (Lipinski definition) is 1. The van der Waals surface area contributed by atoms with Gasteiger partial charge < -0.3 is 8.83 Å². The van der Waals surface area contributed by atoms with E-state index in [9.17, 15) is 13.2 Å². The molecule has 0 amide bonds. The van der Waals surface area contributed by atoms with E-state index in [1.54, 1.807) is 14.0 Å². The molecule has 0 atom stereocenters. The van der Waals surface area contributed by atoms with Crippen LogP contribution in [0.2, 0.25) is 0 Å². The lowest BCUT2D eigenvalue weighted by molar-refractivity contribution is 0.463. The number of rotatable bonds is 4. The highest BCUT2D eigenvalue weighted by atomic mass is 32.2. The molecule has 3 rings (SSSR count). The number of aryl methyl sites for hydroxylation is 2. The molecule has 2 aromatic heterocycles. The summed E-state index contributed by atoms with van der Waals surface area (Å²) in [7, 11) is -2.22. The zero-order valence-electron chi connectivity index (χ0n) is 11.9. The number of fused-ring (bicyclic) bond motifs is 1. The summed E-state index contributed by atoms with van der Waals surface area (Å²) >= 11 is 0. The molecule has 0 fully saturated rings. The van der Waals surface area contributed by atoms with Crippen molar-refractivity contribution in [3.8, 4) is 0 Å². The smallest absolute Gasteiger partial charge is 0.419 e. The normalized spacial score (nSPS) is 12.1. The van der Waals surface area contributed by atoms with E-state index in [1.165, 1.54) is 29.0 Å². The Morgan fingerprint density at radius 2 is 2.09 bits per heavy atom. The molecule has 0 aliphatic heterocycles. The zero-order chi connectivity index (χ0) is 15.9. The van der Waals surface area contributed by atoms with Crippen LogP contribution in [0.25, 0.3) is 11.1 Å². The fourth-order valence-corrected chi connectivity index (χ4v) is 2.99. The molecule has 116 valence electrons. The van der Waals surface area contributed by atoms with Crippen LogP contribution >= 0.6 is 0 Å². The lowest BCUT2D eigenvalue weighted by atomic mass is 10.3. The van der Waals surface area contributed by atoms with Crippen LogP contribution in [0.3, 0.4) is 0 Å². The van der Waals surface area contributed by atoms with Crippen LogP contribution in [-0.4, -0.2) is 18.0 Å². The molecule has 0 radical (unpaired) electrons. The van der Waals surface area contributed by atoms with E-state index in [4.69, 9.17) is 8.83 Å². The van der Waals surface area contributed by atoms with Crippen molar-refractivity contribution >= 4 is 21.1 Å². The van der Waals surface area contributed by atoms with Gasteiger partial charge in [0.15, 0.2) is 5.58 Å². The van der Waals surface area contributed by atoms with Crippen molar-refractivity contribution in [1.29, 1.82) is 0 Å². The zero-order valence-corrected chi connectivity index (χ0v) is 12.7. The molecule has 0 saturated heterocycles. The first-order valence-corrected chi connectivity index (χ1v) is 7.86. The molecule has 22 heavy (non-hydrogen) atoms. The number of oxazole rings is 2. The van der Waals surface area contributed by atoms with E-state index in [0.717, 1.165) is 0 Å². The second-order valence-corrected chi connectivity index (χ2v) is 6.51. The first-order valence-electron chi connectivity index (χ1n) is 6.37. The minimum atomic E-state index is -3.77. The molecular weight excluding hydrogens is 310 g/mol. The van der Waals surface area contributed by atoms with Crippen molar-refractivity contribution in [3.63, 3.8) is 0 Å². The van der Waals surface area contributed by atoms with E-state index >= 15 is 0 Å². The highest BCUT2D eigenvalue weighted by Crippen LogP contribution is 2.18. The van der Waals surface area contributed by atoms with Crippen LogP contribution in [0.4, 0.5) is 0 Å². The van der Waals surface area contributed by atoms with Crippen LogP contribution in [0.15, 0.2) is 42.9 Å². The third-order valence-corrected chi connectivity index (χ3v) is 4.56. The summed E-state index contributed by atoms with van der Waals surface area (Å²) in [5.41, 5.74) is 0.731. The summed E-state index contributed by atoms with van der Waals surface area (Å²) in [4.78, 5) is 15.3. The molecule has 3 aromatic rings. The monoisotopic (exact) mass is 323 g/mol. The van der Waals surface area contributed by atoms with Crippen LogP contribution in [0, 0.1) is 6.92 Å². The fraction of sp³-hybridized carbons (Fsp3) is 0.231. The summed E-state index contributed by atoms with van der Waals surface area (Å²) in [5.74, 6) is 0.322. The van der Waals surface area contributed by atoms with Crippen LogP contribution in [0.1, 0.15) is 11.7 Å². The highest BCUT2D eigenvalue weighted by molar-refractivity contribution is 7.89. The standard InChI is InChI=1S/C13H13N3O5S/c1-8-6-14-12(20-8)7-15-22(18,19)9-3-4-10-11(5-9)21-13(17)16(10)2/h3-6,15H,7H2,1-2H3. The number of aromatic nitrogens is 2. The Labute approximate surface area is 125 Å². The van der Waals surface area contributed by atoms with Gasteiger partial charge in [-0.1, -0.05) is 0 Å².